The molecule has 0 aromatic carbocycles. The fourth-order valence-electron chi connectivity index (χ4n) is 0.885. The first kappa shape index (κ1) is 10.6. The Kier molecular flexibility index (Phi) is 3.56. The van der Waals surface area contributed by atoms with Crippen molar-refractivity contribution in [2.24, 2.45) is 0 Å². The average Bonchev–Trinajstić information content (AvgIpc) is 1.94. The molecule has 0 aromatic heterocycles. The van der Waals surface area contributed by atoms with Gasteiger partial charge >= 0.3 is 0 Å². The predicted molar refractivity (Wildman–Crippen MR) is 65.0 cm³/mol. The lowest BCUT2D eigenvalue weighted by Crippen LogP contribution is -2.52. The Labute approximate surface area is 90.2 Å². The van der Waals surface area contributed by atoms with Crippen molar-refractivity contribution < 1.29 is 0 Å². The molecule has 0 saturated carbocycles. The van der Waals surface area contributed by atoms with Crippen molar-refractivity contribution in [2.75, 3.05) is 0 Å². The molecule has 60 valence electrons. The second kappa shape index (κ2) is 3.35. The maximum atomic E-state index is 6.11. The molecule has 0 nitrogen and oxygen atoms in total. The van der Waals surface area contributed by atoms with E-state index in [0.29, 0.717) is 0 Å². The van der Waals surface area contributed by atoms with Gasteiger partial charge < -0.3 is 0 Å². The van der Waals surface area contributed by atoms with Gasteiger partial charge in [0.15, 0.2) is 0 Å². The van der Waals surface area contributed by atoms with Gasteiger partial charge in [-0.2, -0.15) is 33.2 Å². The fourth-order valence-corrected chi connectivity index (χ4v) is 215. The zero-order chi connectivity index (χ0) is 7.99. The van der Waals surface area contributed by atoms with Crippen LogP contribution in [-0.4, -0.2) is 35.7 Å². The predicted octanol–water partition coefficient (Wildman–Crippen LogP) is 0.205. The molecule has 1 saturated heterocycles. The molecule has 0 bridgehead atoms. The molecular weight excluding hydrogens is 318 g/mol. The Balaban J connectivity index is 2.84. The first-order valence-electron chi connectivity index (χ1n) is 2.77. The van der Waals surface area contributed by atoms with Crippen molar-refractivity contribution >= 4 is 91.1 Å². The molecule has 1 aliphatic heterocycles. The number of rotatable bonds is 0. The normalized spacial score (nSPS) is 41.1. The maximum Gasteiger partial charge on any atom is 0.268 e. The minimum Gasteiger partial charge on any atom is -0.177 e. The first-order valence-corrected chi connectivity index (χ1v) is 25.0. The lowest BCUT2D eigenvalue weighted by Gasteiger charge is -2.21. The highest BCUT2D eigenvalue weighted by molar-refractivity contribution is 8.27. The van der Waals surface area contributed by atoms with Crippen molar-refractivity contribution in [1.29, 1.82) is 0 Å². The molecule has 1 unspecified atom stereocenters. The van der Waals surface area contributed by atoms with Gasteiger partial charge in [0.25, 0.3) is 5.73 Å². The second-order valence-electron chi connectivity index (χ2n) is 2.33. The van der Waals surface area contributed by atoms with Crippen molar-refractivity contribution in [3.8, 4) is 0 Å². The van der Waals surface area contributed by atoms with Crippen LogP contribution >= 0.6 is 55.4 Å². The zero-order valence-electron chi connectivity index (χ0n) is 4.88. The van der Waals surface area contributed by atoms with E-state index in [4.69, 9.17) is 55.4 Å². The van der Waals surface area contributed by atoms with Crippen molar-refractivity contribution in [3.63, 3.8) is 0 Å². The Morgan fingerprint density at radius 1 is 1.10 bits per heavy atom. The van der Waals surface area contributed by atoms with E-state index in [9.17, 15) is 0 Å². The van der Waals surface area contributed by atoms with Crippen molar-refractivity contribution in [1.82, 2.24) is 0 Å². The van der Waals surface area contributed by atoms with Crippen LogP contribution < -0.4 is 0 Å². The summed E-state index contributed by atoms with van der Waals surface area (Å²) < 4.78 is 0. The summed E-state index contributed by atoms with van der Waals surface area (Å²) in [4.78, 5) is 0. The lowest BCUT2D eigenvalue weighted by molar-refractivity contribution is 3.44. The van der Waals surface area contributed by atoms with Gasteiger partial charge in [0.2, 0.25) is 5.73 Å². The highest BCUT2D eigenvalue weighted by atomic mass is 35.8. The largest absolute Gasteiger partial charge is 0.268 e. The van der Waals surface area contributed by atoms with E-state index in [1.165, 1.54) is 0 Å². The lowest BCUT2D eigenvalue weighted by atomic mass is 26.3. The van der Waals surface area contributed by atoms with E-state index in [2.05, 4.69) is 0 Å². The van der Waals surface area contributed by atoms with Crippen LogP contribution in [0, 0.1) is 0 Å². The van der Waals surface area contributed by atoms with Gasteiger partial charge in [0.05, 0.1) is 0 Å². The second-order valence-corrected chi connectivity index (χ2v) is 63.0. The molecule has 10 heavy (non-hydrogen) atoms. The van der Waals surface area contributed by atoms with E-state index in [-0.39, 0.29) is 17.1 Å². The summed E-state index contributed by atoms with van der Waals surface area (Å²) in [6.45, 7) is 0. The standard InChI is InChI=1S/Cl5H5Si5/c1-8-6-7-9(2,3)10(8,4)5/h8H,6-7H2. The Hall–Kier alpha value is 2.53. The summed E-state index contributed by atoms with van der Waals surface area (Å²) in [5.41, 5.74) is -4.32. The number of halogens is 5. The molecule has 0 amide bonds. The van der Waals surface area contributed by atoms with Crippen LogP contribution in [0.5, 0.6) is 0 Å². The van der Waals surface area contributed by atoms with Gasteiger partial charge in [-0.3, -0.25) is 0 Å². The maximum absolute atomic E-state index is 6.11. The van der Waals surface area contributed by atoms with Gasteiger partial charge in [0, 0.05) is 17.1 Å². The topological polar surface area (TPSA) is 0 Å². The summed E-state index contributed by atoms with van der Waals surface area (Å²) in [5.74, 6) is 0. The van der Waals surface area contributed by atoms with Gasteiger partial charge in [-0.1, -0.05) is 0 Å². The SMILES string of the molecule is Cl[SiH]1[SiH2][SiH2][Si](Cl)(Cl)[Si]1(Cl)Cl. The quantitative estimate of drug-likeness (QED) is 0.442. The third-order valence-corrected chi connectivity index (χ3v) is 129. The summed E-state index contributed by atoms with van der Waals surface area (Å²) in [7, 11) is -1.59. The number of hydrogen-bond donors (Lipinski definition) is 0. The highest BCUT2D eigenvalue weighted by Crippen LogP contribution is 2.39. The molecule has 1 atom stereocenters. The minimum atomic E-state index is -2.23. The number of hydrogen-bond acceptors (Lipinski definition) is 0. The monoisotopic (exact) mass is 320 g/mol. The molecule has 0 spiro atoms. The first-order chi connectivity index (χ1) is 4.38. The van der Waals surface area contributed by atoms with Crippen LogP contribution in [0.2, 0.25) is 0 Å². The molecule has 1 rings (SSSR count). The van der Waals surface area contributed by atoms with E-state index < -0.39 is 18.6 Å². The fraction of sp³-hybridized carbons (Fsp3) is 0. The van der Waals surface area contributed by atoms with Crippen LogP contribution in [0.25, 0.3) is 0 Å². The Morgan fingerprint density at radius 2 is 1.60 bits per heavy atom. The molecule has 10 heteroatoms. The van der Waals surface area contributed by atoms with E-state index in [0.717, 1.165) is 0 Å². The van der Waals surface area contributed by atoms with Crippen molar-refractivity contribution in [3.05, 3.63) is 0 Å². The van der Waals surface area contributed by atoms with Crippen LogP contribution in [0.1, 0.15) is 0 Å². The Bertz CT molecular complexity index is 141. The molecule has 0 aromatic rings. The Morgan fingerprint density at radius 3 is 1.70 bits per heavy atom. The summed E-state index contributed by atoms with van der Waals surface area (Å²) in [6, 6.07) is 0. The minimum absolute atomic E-state index is 0.102. The summed E-state index contributed by atoms with van der Waals surface area (Å²) in [5, 5.41) is 0. The molecular formula is H5Cl5Si5. The molecule has 1 aliphatic rings. The van der Waals surface area contributed by atoms with Crippen LogP contribution in [-0.2, 0) is 0 Å². The smallest absolute Gasteiger partial charge is 0.177 e. The average molecular weight is 323 g/mol. The zero-order valence-corrected chi connectivity index (χ0v) is 14.6. The van der Waals surface area contributed by atoms with Gasteiger partial charge in [-0.15, -0.1) is 22.2 Å². The molecule has 1 heterocycles. The van der Waals surface area contributed by atoms with Gasteiger partial charge in [-0.25, -0.2) is 0 Å². The van der Waals surface area contributed by atoms with Crippen LogP contribution in [0.3, 0.4) is 0 Å². The van der Waals surface area contributed by atoms with Gasteiger partial charge in [0.1, 0.15) is 7.14 Å². The van der Waals surface area contributed by atoms with Crippen LogP contribution in [0.4, 0.5) is 0 Å². The molecule has 0 N–H and O–H groups in total. The molecule has 1 fully saturated rings. The third-order valence-electron chi connectivity index (χ3n) is 1.59. The van der Waals surface area contributed by atoms with Crippen LogP contribution in [0.15, 0.2) is 0 Å². The van der Waals surface area contributed by atoms with Gasteiger partial charge in [-0.05, 0) is 0 Å². The van der Waals surface area contributed by atoms with E-state index in [1.807, 2.05) is 0 Å². The third kappa shape index (κ3) is 1.73. The van der Waals surface area contributed by atoms with Crippen molar-refractivity contribution in [2.45, 2.75) is 0 Å². The molecule has 0 aliphatic carbocycles. The highest BCUT2D eigenvalue weighted by Gasteiger charge is 2.63. The summed E-state index contributed by atoms with van der Waals surface area (Å²) in [6.07, 6.45) is 0. The van der Waals surface area contributed by atoms with E-state index >= 15 is 0 Å². The summed E-state index contributed by atoms with van der Waals surface area (Å²) >= 11 is 30.5. The molecule has 0 radical (unpaired) electrons. The van der Waals surface area contributed by atoms with E-state index in [1.54, 1.807) is 0 Å².